The van der Waals surface area contributed by atoms with E-state index in [1.807, 2.05) is 0 Å². The molecule has 0 saturated carbocycles. The number of hydrogen-bond donors (Lipinski definition) is 0. The molecule has 0 aliphatic carbocycles. The SMILES string of the molecule is CCCCCCOc1ccc(-c2ccc(-c3cc4c(c5cc(OC)c(OC)cc35)C=CC(c3ccccc3)(c3ccc(N5CCCCC5)cc3)O4)cc2)cc1. The van der Waals surface area contributed by atoms with E-state index in [-0.39, 0.29) is 0 Å². The number of rotatable bonds is 13. The molecule has 0 radical (unpaired) electrons. The molecule has 5 nitrogen and oxygen atoms in total. The smallest absolute Gasteiger partial charge is 0.178 e. The second kappa shape index (κ2) is 16.4. The van der Waals surface area contributed by atoms with Gasteiger partial charge < -0.3 is 23.8 Å². The van der Waals surface area contributed by atoms with Crippen molar-refractivity contribution in [3.8, 4) is 45.3 Å². The van der Waals surface area contributed by atoms with Crippen molar-refractivity contribution in [2.75, 3.05) is 38.8 Å². The van der Waals surface area contributed by atoms with Crippen molar-refractivity contribution in [2.45, 2.75) is 57.5 Å². The lowest BCUT2D eigenvalue weighted by Crippen LogP contribution is -2.34. The molecule has 0 aromatic heterocycles. The van der Waals surface area contributed by atoms with Gasteiger partial charge in [-0.15, -0.1) is 0 Å². The summed E-state index contributed by atoms with van der Waals surface area (Å²) in [4.78, 5) is 2.50. The number of fused-ring (bicyclic) bond motifs is 3. The van der Waals surface area contributed by atoms with Gasteiger partial charge >= 0.3 is 0 Å². The second-order valence-electron chi connectivity index (χ2n) is 14.7. The first-order valence-electron chi connectivity index (χ1n) is 20.0. The third kappa shape index (κ3) is 7.41. The summed E-state index contributed by atoms with van der Waals surface area (Å²) in [5, 5.41) is 2.11. The number of nitrogens with zero attached hydrogens (tertiary/aromatic N) is 1. The van der Waals surface area contributed by atoms with Crippen LogP contribution in [0.1, 0.15) is 68.6 Å². The molecule has 6 aromatic carbocycles. The van der Waals surface area contributed by atoms with Crippen LogP contribution in [0.15, 0.2) is 127 Å². The van der Waals surface area contributed by atoms with Gasteiger partial charge in [-0.25, -0.2) is 0 Å². The maximum absolute atomic E-state index is 7.34. The van der Waals surface area contributed by atoms with E-state index < -0.39 is 5.60 Å². The van der Waals surface area contributed by atoms with Crippen LogP contribution in [0.3, 0.4) is 0 Å². The van der Waals surface area contributed by atoms with E-state index in [2.05, 4.69) is 145 Å². The van der Waals surface area contributed by atoms with Gasteiger partial charge in [0, 0.05) is 35.5 Å². The number of benzene rings is 6. The molecule has 2 aliphatic heterocycles. The summed E-state index contributed by atoms with van der Waals surface area (Å²) in [6, 6.07) is 43.2. The fourth-order valence-corrected chi connectivity index (χ4v) is 8.19. The molecule has 2 heterocycles. The Hall–Kier alpha value is -5.68. The normalized spacial score (nSPS) is 16.4. The van der Waals surface area contributed by atoms with Crippen LogP contribution in [0.25, 0.3) is 39.1 Å². The summed E-state index contributed by atoms with van der Waals surface area (Å²) in [7, 11) is 3.37. The molecular formula is C50H51NO4. The molecule has 1 atom stereocenters. The highest BCUT2D eigenvalue weighted by Crippen LogP contribution is 2.49. The van der Waals surface area contributed by atoms with Gasteiger partial charge in [0.2, 0.25) is 0 Å². The van der Waals surface area contributed by atoms with Crippen LogP contribution in [-0.4, -0.2) is 33.9 Å². The zero-order chi connectivity index (χ0) is 37.6. The van der Waals surface area contributed by atoms with E-state index >= 15 is 0 Å². The maximum Gasteiger partial charge on any atom is 0.178 e. The first-order chi connectivity index (χ1) is 27.1. The lowest BCUT2D eigenvalue weighted by atomic mass is 9.82. The average Bonchev–Trinajstić information content (AvgIpc) is 3.26. The first-order valence-corrected chi connectivity index (χ1v) is 20.0. The number of ether oxygens (including phenoxy) is 4. The van der Waals surface area contributed by atoms with E-state index in [1.165, 1.54) is 44.2 Å². The van der Waals surface area contributed by atoms with E-state index in [4.69, 9.17) is 18.9 Å². The minimum atomic E-state index is -0.814. The number of anilines is 1. The molecular weight excluding hydrogens is 679 g/mol. The number of hydrogen-bond acceptors (Lipinski definition) is 5. The standard InChI is InChI=1S/C50H51NO4/c1-4-5-6-13-32-54-42-26-20-37(21-27-42)36-16-18-38(19-17-36)44-33-47-43(45-34-48(52-2)49(53-3)35-46(44)45)28-29-50(55-47,39-14-9-7-10-15-39)40-22-24-41(25-23-40)51-30-11-8-12-31-51/h7,9-10,14-29,33-35H,4-6,8,11-13,30-32H2,1-3H3. The van der Waals surface area contributed by atoms with Gasteiger partial charge in [-0.1, -0.05) is 105 Å². The lowest BCUT2D eigenvalue weighted by molar-refractivity contribution is 0.161. The van der Waals surface area contributed by atoms with Crippen molar-refractivity contribution in [3.05, 3.63) is 144 Å². The van der Waals surface area contributed by atoms with Gasteiger partial charge in [0.05, 0.1) is 20.8 Å². The highest BCUT2D eigenvalue weighted by atomic mass is 16.5. The Morgan fingerprint density at radius 1 is 0.636 bits per heavy atom. The Morgan fingerprint density at radius 3 is 1.95 bits per heavy atom. The molecule has 2 aliphatic rings. The minimum absolute atomic E-state index is 0.680. The Labute approximate surface area is 326 Å². The zero-order valence-corrected chi connectivity index (χ0v) is 32.4. The number of unbranched alkanes of at least 4 members (excludes halogenated alkanes) is 3. The Kier molecular flexibility index (Phi) is 10.8. The van der Waals surface area contributed by atoms with Crippen LogP contribution in [0.4, 0.5) is 5.69 Å². The van der Waals surface area contributed by atoms with Crippen molar-refractivity contribution < 1.29 is 18.9 Å². The molecule has 5 heteroatoms. The van der Waals surface area contributed by atoms with Gasteiger partial charge in [-0.2, -0.15) is 0 Å². The summed E-state index contributed by atoms with van der Waals surface area (Å²) >= 11 is 0. The highest BCUT2D eigenvalue weighted by molar-refractivity contribution is 6.05. The largest absolute Gasteiger partial charge is 0.494 e. The summed E-state index contributed by atoms with van der Waals surface area (Å²) in [6.07, 6.45) is 13.0. The van der Waals surface area contributed by atoms with Gasteiger partial charge in [0.1, 0.15) is 11.5 Å². The predicted octanol–water partition coefficient (Wildman–Crippen LogP) is 12.5. The van der Waals surface area contributed by atoms with Crippen molar-refractivity contribution in [3.63, 3.8) is 0 Å². The Morgan fingerprint density at radius 2 is 1.27 bits per heavy atom. The molecule has 55 heavy (non-hydrogen) atoms. The molecule has 0 bridgehead atoms. The van der Waals surface area contributed by atoms with E-state index in [0.717, 1.165) is 87.3 Å². The fraction of sp³-hybridized carbons (Fsp3) is 0.280. The van der Waals surface area contributed by atoms with Crippen LogP contribution < -0.4 is 23.8 Å². The third-order valence-electron chi connectivity index (χ3n) is 11.3. The molecule has 1 saturated heterocycles. The topological polar surface area (TPSA) is 40.2 Å². The van der Waals surface area contributed by atoms with Crippen LogP contribution in [-0.2, 0) is 5.60 Å². The first kappa shape index (κ1) is 36.3. The summed E-state index contributed by atoms with van der Waals surface area (Å²) in [5.74, 6) is 3.10. The van der Waals surface area contributed by atoms with Gasteiger partial charge in [0.25, 0.3) is 0 Å². The number of piperidine rings is 1. The third-order valence-corrected chi connectivity index (χ3v) is 11.3. The van der Waals surface area contributed by atoms with Crippen molar-refractivity contribution in [1.29, 1.82) is 0 Å². The Balaban J connectivity index is 1.17. The maximum atomic E-state index is 7.34. The lowest BCUT2D eigenvalue weighted by Gasteiger charge is -2.37. The van der Waals surface area contributed by atoms with Gasteiger partial charge in [-0.3, -0.25) is 0 Å². The Bertz CT molecular complexity index is 2240. The molecule has 8 rings (SSSR count). The molecule has 6 aromatic rings. The minimum Gasteiger partial charge on any atom is -0.494 e. The molecule has 0 N–H and O–H groups in total. The molecule has 280 valence electrons. The molecule has 0 amide bonds. The van der Waals surface area contributed by atoms with E-state index in [1.54, 1.807) is 14.2 Å². The van der Waals surface area contributed by atoms with Crippen molar-refractivity contribution in [2.24, 2.45) is 0 Å². The van der Waals surface area contributed by atoms with Gasteiger partial charge in [-0.05, 0) is 113 Å². The fourth-order valence-electron chi connectivity index (χ4n) is 8.19. The zero-order valence-electron chi connectivity index (χ0n) is 32.4. The number of methoxy groups -OCH3 is 2. The van der Waals surface area contributed by atoms with E-state index in [0.29, 0.717) is 11.5 Å². The van der Waals surface area contributed by atoms with Crippen LogP contribution in [0, 0.1) is 0 Å². The second-order valence-corrected chi connectivity index (χ2v) is 14.7. The predicted molar refractivity (Wildman–Crippen MR) is 227 cm³/mol. The van der Waals surface area contributed by atoms with Crippen molar-refractivity contribution in [1.82, 2.24) is 0 Å². The summed E-state index contributed by atoms with van der Waals surface area (Å²) in [6.45, 7) is 5.21. The van der Waals surface area contributed by atoms with Gasteiger partial charge in [0.15, 0.2) is 17.1 Å². The van der Waals surface area contributed by atoms with Crippen LogP contribution >= 0.6 is 0 Å². The highest BCUT2D eigenvalue weighted by Gasteiger charge is 2.38. The summed E-state index contributed by atoms with van der Waals surface area (Å²) < 4.78 is 25.0. The monoisotopic (exact) mass is 729 g/mol. The quantitative estimate of drug-likeness (QED) is 0.111. The molecule has 1 fully saturated rings. The molecule has 1 unspecified atom stereocenters. The van der Waals surface area contributed by atoms with Crippen molar-refractivity contribution >= 4 is 22.5 Å². The summed E-state index contributed by atoms with van der Waals surface area (Å²) in [5.41, 5.74) is 8.09. The van der Waals surface area contributed by atoms with E-state index in [9.17, 15) is 0 Å². The molecule has 0 spiro atoms. The van der Waals surface area contributed by atoms with Crippen LogP contribution in [0.2, 0.25) is 0 Å². The average molecular weight is 730 g/mol. The van der Waals surface area contributed by atoms with Crippen LogP contribution in [0.5, 0.6) is 23.0 Å².